The van der Waals surface area contributed by atoms with E-state index in [1.54, 1.807) is 12.1 Å². The topological polar surface area (TPSA) is 70.3 Å². The summed E-state index contributed by atoms with van der Waals surface area (Å²) in [7, 11) is 0. The van der Waals surface area contributed by atoms with E-state index >= 15 is 0 Å². The molecule has 0 saturated heterocycles. The molecule has 0 spiro atoms. The quantitative estimate of drug-likeness (QED) is 0.604. The monoisotopic (exact) mass is 371 g/mol. The van der Waals surface area contributed by atoms with E-state index in [9.17, 15) is 10.1 Å². The Kier molecular flexibility index (Phi) is 6.43. The summed E-state index contributed by atoms with van der Waals surface area (Å²) in [6.07, 6.45) is 2.36. The van der Waals surface area contributed by atoms with E-state index in [2.05, 4.69) is 12.1 Å². The fourth-order valence-corrected chi connectivity index (χ4v) is 3.09. The molecule has 0 atom stereocenters. The van der Waals surface area contributed by atoms with Crippen molar-refractivity contribution >= 4 is 5.97 Å². The van der Waals surface area contributed by atoms with Crippen molar-refractivity contribution in [2.75, 3.05) is 0 Å². The molecule has 0 amide bonds. The lowest BCUT2D eigenvalue weighted by molar-refractivity contribution is 0.0697. The molecule has 0 aromatic heterocycles. The summed E-state index contributed by atoms with van der Waals surface area (Å²) < 4.78 is 6.00. The van der Waals surface area contributed by atoms with Crippen molar-refractivity contribution in [3.8, 4) is 11.8 Å². The molecule has 3 aromatic carbocycles. The molecule has 0 heterocycles. The van der Waals surface area contributed by atoms with Crippen LogP contribution in [0.3, 0.4) is 0 Å². The van der Waals surface area contributed by atoms with Gasteiger partial charge in [0.05, 0.1) is 17.2 Å². The maximum Gasteiger partial charge on any atom is 0.335 e. The van der Waals surface area contributed by atoms with Crippen LogP contribution in [0.1, 0.15) is 39.0 Å². The number of ether oxygens (including phenoxy) is 1. The number of carboxylic acids is 1. The number of hydrogen-bond donors (Lipinski definition) is 1. The van der Waals surface area contributed by atoms with Gasteiger partial charge in [0.2, 0.25) is 0 Å². The van der Waals surface area contributed by atoms with Crippen molar-refractivity contribution in [1.29, 1.82) is 5.26 Å². The summed E-state index contributed by atoms with van der Waals surface area (Å²) in [5, 5.41) is 18.4. The van der Waals surface area contributed by atoms with Gasteiger partial charge in [0.1, 0.15) is 12.4 Å². The average Bonchev–Trinajstić information content (AvgIpc) is 2.73. The Morgan fingerprint density at radius 2 is 1.64 bits per heavy atom. The zero-order valence-corrected chi connectivity index (χ0v) is 15.5. The third-order valence-corrected chi connectivity index (χ3v) is 4.58. The van der Waals surface area contributed by atoms with Gasteiger partial charge in [-0.05, 0) is 54.2 Å². The largest absolute Gasteiger partial charge is 0.489 e. The summed E-state index contributed by atoms with van der Waals surface area (Å²) in [6.45, 7) is 0.521. The van der Waals surface area contributed by atoms with Gasteiger partial charge >= 0.3 is 5.97 Å². The van der Waals surface area contributed by atoms with Gasteiger partial charge in [-0.15, -0.1) is 0 Å². The minimum atomic E-state index is -1.02. The van der Waals surface area contributed by atoms with E-state index in [4.69, 9.17) is 9.84 Å². The van der Waals surface area contributed by atoms with Crippen LogP contribution in [0.2, 0.25) is 0 Å². The number of aromatic carboxylic acids is 1. The third kappa shape index (κ3) is 4.99. The van der Waals surface area contributed by atoms with Crippen LogP contribution in [-0.2, 0) is 19.4 Å². The Hall–Kier alpha value is -3.58. The van der Waals surface area contributed by atoms with E-state index < -0.39 is 5.97 Å². The number of nitriles is 1. The number of benzene rings is 3. The second-order valence-corrected chi connectivity index (χ2v) is 6.52. The first-order chi connectivity index (χ1) is 13.7. The fourth-order valence-electron chi connectivity index (χ4n) is 3.09. The molecule has 0 unspecified atom stereocenters. The molecule has 0 aliphatic carbocycles. The minimum Gasteiger partial charge on any atom is -0.489 e. The lowest BCUT2D eigenvalue weighted by Crippen LogP contribution is -2.01. The van der Waals surface area contributed by atoms with Crippen molar-refractivity contribution in [3.63, 3.8) is 0 Å². The van der Waals surface area contributed by atoms with Gasteiger partial charge in [-0.2, -0.15) is 5.26 Å². The van der Waals surface area contributed by atoms with Gasteiger partial charge in [-0.25, -0.2) is 4.79 Å². The Bertz CT molecular complexity index is 990. The number of para-hydroxylation sites is 1. The Morgan fingerprint density at radius 1 is 0.929 bits per heavy atom. The van der Waals surface area contributed by atoms with Crippen molar-refractivity contribution in [1.82, 2.24) is 0 Å². The van der Waals surface area contributed by atoms with E-state index in [-0.39, 0.29) is 5.56 Å². The molecule has 28 heavy (non-hydrogen) atoms. The second-order valence-electron chi connectivity index (χ2n) is 6.52. The van der Waals surface area contributed by atoms with Gasteiger partial charge in [0, 0.05) is 0 Å². The minimum absolute atomic E-state index is 0.139. The number of carbonyl (C=O) groups is 1. The Balaban J connectivity index is 1.62. The summed E-state index contributed by atoms with van der Waals surface area (Å²) in [5.41, 5.74) is 3.68. The molecule has 1 N–H and O–H groups in total. The predicted molar refractivity (Wildman–Crippen MR) is 107 cm³/mol. The molecule has 0 saturated carbocycles. The fraction of sp³-hybridized carbons (Fsp3) is 0.167. The van der Waals surface area contributed by atoms with Crippen LogP contribution in [-0.4, -0.2) is 11.1 Å². The lowest BCUT2D eigenvalue weighted by atomic mass is 9.98. The van der Waals surface area contributed by atoms with E-state index in [0.717, 1.165) is 35.3 Å². The van der Waals surface area contributed by atoms with Gasteiger partial charge < -0.3 is 9.84 Å². The van der Waals surface area contributed by atoms with Crippen molar-refractivity contribution in [2.24, 2.45) is 0 Å². The molecule has 0 fully saturated rings. The zero-order chi connectivity index (χ0) is 19.8. The molecule has 0 bridgehead atoms. The van der Waals surface area contributed by atoms with Crippen LogP contribution in [0.25, 0.3) is 0 Å². The third-order valence-electron chi connectivity index (χ3n) is 4.58. The standard InChI is InChI=1S/C24H21NO3/c25-16-22-15-21(24(26)27)14-13-19(22)10-6-11-20-9-4-5-12-23(20)28-17-18-7-2-1-3-8-18/h1-5,7-9,12-15H,6,10-11,17H2,(H,26,27). The number of aryl methyl sites for hydroxylation is 2. The van der Waals surface area contributed by atoms with Crippen LogP contribution < -0.4 is 4.74 Å². The predicted octanol–water partition coefficient (Wildman–Crippen LogP) is 5.01. The normalized spacial score (nSPS) is 10.2. The van der Waals surface area contributed by atoms with Crippen LogP contribution in [0.4, 0.5) is 0 Å². The summed E-state index contributed by atoms with van der Waals surface area (Å²) in [5.74, 6) is -0.152. The zero-order valence-electron chi connectivity index (χ0n) is 15.5. The number of carboxylic acid groups (broad SMARTS) is 1. The molecular formula is C24H21NO3. The van der Waals surface area contributed by atoms with E-state index in [1.807, 2.05) is 48.5 Å². The maximum atomic E-state index is 11.1. The highest BCUT2D eigenvalue weighted by atomic mass is 16.5. The SMILES string of the molecule is N#Cc1cc(C(=O)O)ccc1CCCc1ccccc1OCc1ccccc1. The first-order valence-corrected chi connectivity index (χ1v) is 9.18. The van der Waals surface area contributed by atoms with Crippen molar-refractivity contribution in [3.05, 3.63) is 101 Å². The molecule has 3 aromatic rings. The molecule has 4 heteroatoms. The summed E-state index contributed by atoms with van der Waals surface area (Å²) in [4.78, 5) is 11.1. The molecule has 0 radical (unpaired) electrons. The van der Waals surface area contributed by atoms with Crippen LogP contribution in [0.15, 0.2) is 72.8 Å². The highest BCUT2D eigenvalue weighted by Gasteiger charge is 2.09. The van der Waals surface area contributed by atoms with Gasteiger partial charge in [0.15, 0.2) is 0 Å². The maximum absolute atomic E-state index is 11.1. The second kappa shape index (κ2) is 9.38. The molecule has 4 nitrogen and oxygen atoms in total. The van der Waals surface area contributed by atoms with Crippen molar-refractivity contribution in [2.45, 2.75) is 25.9 Å². The van der Waals surface area contributed by atoms with E-state index in [1.165, 1.54) is 6.07 Å². The first kappa shape index (κ1) is 19.2. The van der Waals surface area contributed by atoms with Crippen LogP contribution in [0, 0.1) is 11.3 Å². The van der Waals surface area contributed by atoms with Gasteiger partial charge in [0.25, 0.3) is 0 Å². The highest BCUT2D eigenvalue weighted by Crippen LogP contribution is 2.22. The number of rotatable bonds is 8. The number of hydrogen-bond acceptors (Lipinski definition) is 3. The molecular weight excluding hydrogens is 350 g/mol. The van der Waals surface area contributed by atoms with E-state index in [0.29, 0.717) is 18.6 Å². The summed E-state index contributed by atoms with van der Waals surface area (Å²) >= 11 is 0. The van der Waals surface area contributed by atoms with Gasteiger partial charge in [-0.3, -0.25) is 0 Å². The Labute approximate surface area is 164 Å². The lowest BCUT2D eigenvalue weighted by Gasteiger charge is -2.12. The molecule has 140 valence electrons. The molecule has 0 aliphatic heterocycles. The van der Waals surface area contributed by atoms with Crippen LogP contribution in [0.5, 0.6) is 5.75 Å². The molecule has 3 rings (SSSR count). The smallest absolute Gasteiger partial charge is 0.335 e. The highest BCUT2D eigenvalue weighted by molar-refractivity contribution is 5.88. The first-order valence-electron chi connectivity index (χ1n) is 9.18. The number of nitrogens with zero attached hydrogens (tertiary/aromatic N) is 1. The van der Waals surface area contributed by atoms with Gasteiger partial charge in [-0.1, -0.05) is 54.6 Å². The van der Waals surface area contributed by atoms with Crippen molar-refractivity contribution < 1.29 is 14.6 Å². The van der Waals surface area contributed by atoms with Crippen LogP contribution >= 0.6 is 0 Å². The summed E-state index contributed by atoms with van der Waals surface area (Å²) in [6, 6.07) is 24.8. The average molecular weight is 371 g/mol. The molecule has 0 aliphatic rings. The Morgan fingerprint density at radius 3 is 2.39 bits per heavy atom.